The second-order valence-electron chi connectivity index (χ2n) is 11.2. The number of β-lactam (4-membered cyclic amide) rings is 1. The Hall–Kier alpha value is -4.02. The van der Waals surface area contributed by atoms with Crippen molar-refractivity contribution in [2.45, 2.75) is 48.3 Å². The number of esters is 2. The number of carbonyl (C=O) groups excluding carboxylic acids is 4. The first-order chi connectivity index (χ1) is 23.5. The number of thioether (sulfide) groups is 1. The van der Waals surface area contributed by atoms with Gasteiger partial charge < -0.3 is 39.5 Å². The van der Waals surface area contributed by atoms with Gasteiger partial charge in [-0.15, -0.1) is 11.8 Å². The zero-order valence-corrected chi connectivity index (χ0v) is 28.9. The normalized spacial score (nSPS) is 19.2. The number of azide groups is 1. The second kappa shape index (κ2) is 15.5. The highest BCUT2D eigenvalue weighted by Gasteiger charge is 2.69. The number of rotatable bonds is 15. The molecule has 2 aliphatic heterocycles. The maximum atomic E-state index is 14.0. The van der Waals surface area contributed by atoms with E-state index >= 15 is 0 Å². The van der Waals surface area contributed by atoms with E-state index in [1.165, 1.54) is 0 Å². The van der Waals surface area contributed by atoms with Gasteiger partial charge in [0.05, 0.1) is 0 Å². The fraction of sp³-hybridized carbons (Fsp3) is 0.379. The third-order valence-corrected chi connectivity index (χ3v) is 13.2. The van der Waals surface area contributed by atoms with Crippen LogP contribution in [-0.4, -0.2) is 88.2 Å². The van der Waals surface area contributed by atoms with Gasteiger partial charge in [0.15, 0.2) is 6.10 Å². The van der Waals surface area contributed by atoms with Gasteiger partial charge in [-0.2, -0.15) is 0 Å². The van der Waals surface area contributed by atoms with Crippen LogP contribution in [0.5, 0.6) is 0 Å². The monoisotopic (exact) mass is 753 g/mol. The molecule has 2 aromatic carbocycles. The molecule has 50 heavy (non-hydrogen) atoms. The Bertz CT molecular complexity index is 1750. The lowest BCUT2D eigenvalue weighted by atomic mass is 9.86. The van der Waals surface area contributed by atoms with Gasteiger partial charge in [-0.1, -0.05) is 65.8 Å². The van der Waals surface area contributed by atoms with E-state index < -0.39 is 67.5 Å². The molecule has 0 bridgehead atoms. The molecular formula is C29H33N5O13P2S. The van der Waals surface area contributed by atoms with Crippen LogP contribution in [0.1, 0.15) is 43.4 Å². The predicted octanol–water partition coefficient (Wildman–Crippen LogP) is 2.39. The molecule has 2 aliphatic rings. The first kappa shape index (κ1) is 38.8. The first-order valence-electron chi connectivity index (χ1n) is 14.8. The summed E-state index contributed by atoms with van der Waals surface area (Å²) in [5.74, 6) is -3.88. The van der Waals surface area contributed by atoms with Crippen molar-refractivity contribution in [3.63, 3.8) is 0 Å². The van der Waals surface area contributed by atoms with Crippen molar-refractivity contribution >= 4 is 50.7 Å². The molecule has 0 aromatic heterocycles. The number of carbonyl (C=O) groups is 4. The molecule has 0 aliphatic carbocycles. The fourth-order valence-electron chi connectivity index (χ4n) is 5.34. The zero-order chi connectivity index (χ0) is 36.9. The lowest BCUT2D eigenvalue weighted by Crippen LogP contribution is -2.77. The fourth-order valence-corrected chi connectivity index (χ4v) is 9.02. The molecule has 2 aromatic rings. The molecule has 2 heterocycles. The average Bonchev–Trinajstić information content (AvgIpc) is 3.07. The van der Waals surface area contributed by atoms with Crippen molar-refractivity contribution < 1.29 is 62.5 Å². The number of benzene rings is 2. The van der Waals surface area contributed by atoms with Crippen molar-refractivity contribution in [3.05, 3.63) is 93.5 Å². The molecule has 2 atom stereocenters. The van der Waals surface area contributed by atoms with E-state index in [4.69, 9.17) is 9.47 Å². The number of hydrogen-bond donors (Lipinski definition) is 6. The van der Waals surface area contributed by atoms with Gasteiger partial charge >= 0.3 is 27.1 Å². The molecule has 0 radical (unpaired) electrons. The van der Waals surface area contributed by atoms with Gasteiger partial charge in [-0.25, -0.2) is 4.79 Å². The van der Waals surface area contributed by atoms with Gasteiger partial charge in [0.1, 0.15) is 17.7 Å². The molecule has 0 saturated carbocycles. The minimum Gasteiger partial charge on any atom is -0.461 e. The summed E-state index contributed by atoms with van der Waals surface area (Å²) in [4.78, 5) is 93.9. The van der Waals surface area contributed by atoms with E-state index in [-0.39, 0.29) is 43.0 Å². The molecule has 0 spiro atoms. The lowest BCUT2D eigenvalue weighted by Gasteiger charge is -2.54. The van der Waals surface area contributed by atoms with Gasteiger partial charge in [0.25, 0.3) is 11.0 Å². The summed E-state index contributed by atoms with van der Waals surface area (Å²) in [6.45, 7) is 0.437. The maximum Gasteiger partial charge on any atom is 0.369 e. The van der Waals surface area contributed by atoms with Crippen LogP contribution < -0.4 is 5.32 Å². The average molecular weight is 754 g/mol. The molecule has 6 N–H and O–H groups in total. The Labute approximate surface area is 288 Å². The standard InChI is InChI=1S/C29H33N5O13P2S/c1-18(35)46-16-21-17-50-27-29(32-33-30,25(37)31-15-9-8-14-28(39,48(40,41)42)49(43,44)45)26(38)34(27)22(21)24(36)47-23(19-10-4-2-5-11-19)20-12-6-3-7-13-20/h2-7,10-13,23,27,39H,8-9,14-17H2,1H3,(H,31,37)(H2,40,41,42)(H2,43,44,45)/t27-,29?/m1/s1. The number of fused-ring (bicyclic) bond motifs is 1. The van der Waals surface area contributed by atoms with Gasteiger partial charge in [-0.3, -0.25) is 28.4 Å². The van der Waals surface area contributed by atoms with Crippen LogP contribution >= 0.6 is 27.0 Å². The Balaban J connectivity index is 1.58. The van der Waals surface area contributed by atoms with E-state index in [1.807, 2.05) is 0 Å². The van der Waals surface area contributed by atoms with Crippen LogP contribution in [0, 0.1) is 0 Å². The Morgan fingerprint density at radius 1 is 1.06 bits per heavy atom. The number of nitrogens with zero attached hydrogens (tertiary/aromatic N) is 4. The molecule has 1 unspecified atom stereocenters. The molecule has 18 nitrogen and oxygen atoms in total. The van der Waals surface area contributed by atoms with Crippen molar-refractivity contribution in [2.24, 2.45) is 5.11 Å². The Morgan fingerprint density at radius 2 is 1.62 bits per heavy atom. The smallest absolute Gasteiger partial charge is 0.369 e. The van der Waals surface area contributed by atoms with Crippen LogP contribution in [0.4, 0.5) is 0 Å². The quantitative estimate of drug-likeness (QED) is 0.0223. The van der Waals surface area contributed by atoms with E-state index in [9.17, 15) is 58.5 Å². The molecule has 2 amide bonds. The number of unbranched alkanes of at least 4 members (excludes halogenated alkanes) is 1. The lowest BCUT2D eigenvalue weighted by molar-refractivity contribution is -0.162. The molecule has 21 heteroatoms. The van der Waals surface area contributed by atoms with E-state index in [0.29, 0.717) is 11.1 Å². The minimum absolute atomic E-state index is 0.0488. The van der Waals surface area contributed by atoms with Crippen LogP contribution in [0.25, 0.3) is 10.4 Å². The first-order valence-corrected chi connectivity index (χ1v) is 19.1. The molecule has 1 saturated heterocycles. The minimum atomic E-state index is -5.68. The zero-order valence-electron chi connectivity index (χ0n) is 26.3. The van der Waals surface area contributed by atoms with Crippen LogP contribution in [0.3, 0.4) is 0 Å². The van der Waals surface area contributed by atoms with E-state index in [0.717, 1.165) is 23.6 Å². The van der Waals surface area contributed by atoms with Crippen LogP contribution in [0.15, 0.2) is 77.0 Å². The number of nitrogens with one attached hydrogen (secondary N) is 1. The summed E-state index contributed by atoms with van der Waals surface area (Å²) >= 11 is 0.953. The predicted molar refractivity (Wildman–Crippen MR) is 175 cm³/mol. The number of amides is 2. The van der Waals surface area contributed by atoms with E-state index in [2.05, 4.69) is 15.3 Å². The van der Waals surface area contributed by atoms with Crippen LogP contribution in [-0.2, 0) is 37.8 Å². The summed E-state index contributed by atoms with van der Waals surface area (Å²) in [7, 11) is -11.4. The molecule has 4 rings (SSSR count). The third kappa shape index (κ3) is 7.66. The SMILES string of the molecule is CC(=O)OCC1=C(C(=O)OC(c2ccccc2)c2ccccc2)N2C(=O)C(N=[N+]=[N-])(C(=O)NCCCCC(O)(P(=O)(O)O)P(=O)(O)O)[C@H]2SC1. The highest BCUT2D eigenvalue weighted by molar-refractivity contribution is 8.00. The number of ether oxygens (including phenoxy) is 2. The summed E-state index contributed by atoms with van der Waals surface area (Å²) < 4.78 is 34.3. The third-order valence-electron chi connectivity index (χ3n) is 7.91. The van der Waals surface area contributed by atoms with Gasteiger partial charge in [-0.05, 0) is 35.9 Å². The number of aliphatic hydroxyl groups is 1. The molecule has 1 fully saturated rings. The largest absolute Gasteiger partial charge is 0.461 e. The topological polar surface area (TPSA) is 286 Å². The summed E-state index contributed by atoms with van der Waals surface area (Å²) in [6.07, 6.45) is -2.53. The summed E-state index contributed by atoms with van der Waals surface area (Å²) in [5, 5.41) is 11.1. The summed E-state index contributed by atoms with van der Waals surface area (Å²) in [5.41, 5.74) is 8.09. The van der Waals surface area contributed by atoms with Gasteiger partial charge in [0.2, 0.25) is 11.4 Å². The second-order valence-corrected chi connectivity index (χ2v) is 16.3. The number of hydrogen-bond acceptors (Lipinski definition) is 11. The van der Waals surface area contributed by atoms with E-state index in [1.54, 1.807) is 60.7 Å². The van der Waals surface area contributed by atoms with Crippen molar-refractivity contribution in [2.75, 3.05) is 18.9 Å². The molecular weight excluding hydrogens is 720 g/mol. The van der Waals surface area contributed by atoms with Gasteiger partial charge in [0, 0.05) is 29.7 Å². The Kier molecular flexibility index (Phi) is 12.0. The van der Waals surface area contributed by atoms with Crippen LogP contribution in [0.2, 0.25) is 0 Å². The highest BCUT2D eigenvalue weighted by atomic mass is 32.2. The summed E-state index contributed by atoms with van der Waals surface area (Å²) in [6, 6.07) is 17.5. The van der Waals surface area contributed by atoms with Crippen molar-refractivity contribution in [3.8, 4) is 0 Å². The Morgan fingerprint density at radius 3 is 2.12 bits per heavy atom. The van der Waals surface area contributed by atoms with Crippen molar-refractivity contribution in [1.29, 1.82) is 0 Å². The molecule has 268 valence electrons. The highest BCUT2D eigenvalue weighted by Crippen LogP contribution is 2.69. The van der Waals surface area contributed by atoms with Crippen molar-refractivity contribution in [1.82, 2.24) is 10.2 Å². The maximum absolute atomic E-state index is 14.0.